The van der Waals surface area contributed by atoms with Crippen molar-refractivity contribution in [2.75, 3.05) is 0 Å². The summed E-state index contributed by atoms with van der Waals surface area (Å²) in [6.07, 6.45) is 3.90. The van der Waals surface area contributed by atoms with Gasteiger partial charge in [0.1, 0.15) is 0 Å². The van der Waals surface area contributed by atoms with Crippen LogP contribution in [-0.4, -0.2) is 79.2 Å². The Labute approximate surface area is 297 Å². The fraction of sp³-hybridized carbons (Fsp3) is 0.300. The number of benzene rings is 4. The number of hydrazine groups is 1. The van der Waals surface area contributed by atoms with Crippen LogP contribution >= 0.6 is 0 Å². The van der Waals surface area contributed by atoms with Crippen LogP contribution in [0, 0.1) is 0 Å². The third-order valence-corrected chi connectivity index (χ3v) is 10.9. The largest absolute Gasteiger partial charge is 0.281 e. The van der Waals surface area contributed by atoms with Gasteiger partial charge in [-0.3, -0.25) is 48.2 Å². The Hall–Kier alpha value is -6.04. The van der Waals surface area contributed by atoms with E-state index in [0.29, 0.717) is 35.7 Å². The molecule has 0 N–H and O–H groups in total. The molecule has 262 valence electrons. The minimum atomic E-state index is -0.988. The number of nitrogens with zero attached hydrogens (tertiary/aromatic N) is 4. The lowest BCUT2D eigenvalue weighted by molar-refractivity contribution is 0.00211. The van der Waals surface area contributed by atoms with Crippen molar-refractivity contribution in [2.24, 2.45) is 0 Å². The fourth-order valence-corrected chi connectivity index (χ4v) is 8.51. The molecule has 4 aliphatic rings. The number of carbonyl (C=O) groups excluding carboxylic acids is 8. The lowest BCUT2D eigenvalue weighted by atomic mass is 9.84. The Morgan fingerprint density at radius 2 is 0.596 bits per heavy atom. The number of carbonyl (C=O) groups is 8. The van der Waals surface area contributed by atoms with E-state index in [1.807, 2.05) is 27.7 Å². The average Bonchev–Trinajstić information content (AvgIpc) is 3.14. The van der Waals surface area contributed by atoms with Crippen molar-refractivity contribution in [1.82, 2.24) is 19.8 Å². The van der Waals surface area contributed by atoms with Crippen molar-refractivity contribution >= 4 is 68.8 Å². The Balaban J connectivity index is 1.22. The summed E-state index contributed by atoms with van der Waals surface area (Å²) in [5.74, 6) is -6.01. The van der Waals surface area contributed by atoms with Crippen molar-refractivity contribution in [3.8, 4) is 0 Å². The SMILES string of the molecule is CCCC(CCC)N1C(=O)c2ccc3c4c(ccc(c24)C1=O)C(=O)N(N1C(=O)c2ccc4c5c(ccc(c25)C1=O)C(=O)N(C(CC)CC)C4=O)C3=O. The topological polar surface area (TPSA) is 150 Å². The highest BCUT2D eigenvalue weighted by Gasteiger charge is 2.49. The summed E-state index contributed by atoms with van der Waals surface area (Å²) in [5.41, 5.74) is 0.483. The van der Waals surface area contributed by atoms with Crippen LogP contribution < -0.4 is 0 Å². The molecular weight excluding hydrogens is 664 g/mol. The molecule has 52 heavy (non-hydrogen) atoms. The van der Waals surface area contributed by atoms with Crippen LogP contribution in [0.1, 0.15) is 149 Å². The van der Waals surface area contributed by atoms with Gasteiger partial charge in [-0.2, -0.15) is 10.0 Å². The van der Waals surface area contributed by atoms with E-state index in [1.54, 1.807) is 0 Å². The molecule has 0 aliphatic carbocycles. The summed E-state index contributed by atoms with van der Waals surface area (Å²) in [7, 11) is 0. The van der Waals surface area contributed by atoms with Crippen LogP contribution in [0.15, 0.2) is 48.5 Å². The molecule has 0 bridgehead atoms. The molecule has 4 aromatic carbocycles. The molecular formula is C40H34N4O8. The first kappa shape index (κ1) is 33.1. The van der Waals surface area contributed by atoms with E-state index in [1.165, 1.54) is 58.3 Å². The molecule has 4 aromatic rings. The smallest absolute Gasteiger partial charge is 0.271 e. The number of amides is 8. The molecule has 0 fully saturated rings. The first-order valence-electron chi connectivity index (χ1n) is 17.7. The standard InChI is InChI=1S/C40H34N4O8/c1-5-9-20(10-6-2)42-35(47)23-13-17-27-32-28(18-14-24(30(23)32)36(42)48)40(52)44(39(27)51)43-37(49)25-15-11-21-29-22(12-16-26(31(25)29)38(43)50)34(46)41(33(21)45)19(7-3)8-4/h11-20H,5-10H2,1-4H3. The second-order valence-electron chi connectivity index (χ2n) is 13.6. The fourth-order valence-electron chi connectivity index (χ4n) is 8.51. The summed E-state index contributed by atoms with van der Waals surface area (Å²) in [6.45, 7) is 7.73. The van der Waals surface area contributed by atoms with E-state index in [-0.39, 0.29) is 78.1 Å². The Bertz CT molecular complexity index is 2260. The maximum absolute atomic E-state index is 14.3. The Morgan fingerprint density at radius 3 is 0.827 bits per heavy atom. The lowest BCUT2D eigenvalue weighted by Gasteiger charge is -2.39. The molecule has 12 heteroatoms. The predicted molar refractivity (Wildman–Crippen MR) is 188 cm³/mol. The highest BCUT2D eigenvalue weighted by Crippen LogP contribution is 2.42. The van der Waals surface area contributed by atoms with E-state index >= 15 is 0 Å². The van der Waals surface area contributed by atoms with Gasteiger partial charge in [-0.05, 0) is 74.2 Å². The molecule has 4 aliphatic heterocycles. The van der Waals surface area contributed by atoms with E-state index in [9.17, 15) is 38.4 Å². The summed E-state index contributed by atoms with van der Waals surface area (Å²) in [5, 5.41) is 1.57. The number of rotatable bonds is 9. The van der Waals surface area contributed by atoms with Crippen molar-refractivity contribution in [3.63, 3.8) is 0 Å². The Kier molecular flexibility index (Phi) is 7.49. The van der Waals surface area contributed by atoms with Gasteiger partial charge in [-0.1, -0.05) is 40.5 Å². The van der Waals surface area contributed by atoms with Gasteiger partial charge in [0.25, 0.3) is 47.3 Å². The molecule has 8 amide bonds. The highest BCUT2D eigenvalue weighted by atomic mass is 16.2. The molecule has 0 aromatic heterocycles. The van der Waals surface area contributed by atoms with Crippen LogP contribution in [0.4, 0.5) is 0 Å². The second kappa shape index (κ2) is 11.8. The van der Waals surface area contributed by atoms with Gasteiger partial charge in [-0.25, -0.2) is 0 Å². The maximum atomic E-state index is 14.3. The third-order valence-electron chi connectivity index (χ3n) is 10.9. The predicted octanol–water partition coefficient (Wildman–Crippen LogP) is 6.15. The molecule has 0 saturated heterocycles. The van der Waals surface area contributed by atoms with Crippen LogP contribution in [0.25, 0.3) is 21.5 Å². The van der Waals surface area contributed by atoms with Crippen molar-refractivity contribution in [2.45, 2.75) is 78.3 Å². The molecule has 0 saturated carbocycles. The monoisotopic (exact) mass is 698 g/mol. The van der Waals surface area contributed by atoms with Gasteiger partial charge in [0.2, 0.25) is 0 Å². The molecule has 0 radical (unpaired) electrons. The second-order valence-corrected chi connectivity index (χ2v) is 13.6. The zero-order valence-electron chi connectivity index (χ0n) is 29.1. The first-order valence-corrected chi connectivity index (χ1v) is 17.7. The van der Waals surface area contributed by atoms with Crippen LogP contribution in [0.3, 0.4) is 0 Å². The van der Waals surface area contributed by atoms with Crippen LogP contribution in [0.5, 0.6) is 0 Å². The van der Waals surface area contributed by atoms with Crippen molar-refractivity contribution < 1.29 is 38.4 Å². The summed E-state index contributed by atoms with van der Waals surface area (Å²) < 4.78 is 0. The van der Waals surface area contributed by atoms with E-state index in [2.05, 4.69) is 0 Å². The zero-order valence-corrected chi connectivity index (χ0v) is 29.1. The maximum Gasteiger partial charge on any atom is 0.281 e. The van der Waals surface area contributed by atoms with Gasteiger partial charge >= 0.3 is 0 Å². The first-order chi connectivity index (χ1) is 25.0. The normalized spacial score (nSPS) is 16.7. The quantitative estimate of drug-likeness (QED) is 0.189. The number of hydrogen-bond acceptors (Lipinski definition) is 8. The van der Waals surface area contributed by atoms with Gasteiger partial charge in [0.15, 0.2) is 0 Å². The average molecular weight is 699 g/mol. The summed E-state index contributed by atoms with van der Waals surface area (Å²) >= 11 is 0. The summed E-state index contributed by atoms with van der Waals surface area (Å²) in [4.78, 5) is 115. The Morgan fingerprint density at radius 1 is 0.365 bits per heavy atom. The molecule has 0 unspecified atom stereocenters. The molecule has 0 spiro atoms. The zero-order chi connectivity index (χ0) is 36.9. The van der Waals surface area contributed by atoms with Gasteiger partial charge in [0.05, 0.1) is 22.3 Å². The van der Waals surface area contributed by atoms with Crippen LogP contribution in [-0.2, 0) is 0 Å². The minimum absolute atomic E-state index is 0.0581. The highest BCUT2D eigenvalue weighted by molar-refractivity contribution is 6.37. The third kappa shape index (κ3) is 4.14. The van der Waals surface area contributed by atoms with Crippen LogP contribution in [0.2, 0.25) is 0 Å². The van der Waals surface area contributed by atoms with Crippen molar-refractivity contribution in [1.29, 1.82) is 0 Å². The molecule has 0 atom stereocenters. The molecule has 8 rings (SSSR count). The van der Waals surface area contributed by atoms with E-state index < -0.39 is 47.3 Å². The van der Waals surface area contributed by atoms with Crippen molar-refractivity contribution in [3.05, 3.63) is 93.0 Å². The van der Waals surface area contributed by atoms with E-state index in [4.69, 9.17) is 0 Å². The molecule has 4 heterocycles. The van der Waals surface area contributed by atoms with Gasteiger partial charge in [-0.15, -0.1) is 0 Å². The lowest BCUT2D eigenvalue weighted by Crippen LogP contribution is -2.58. The minimum Gasteiger partial charge on any atom is -0.271 e. The summed E-state index contributed by atoms with van der Waals surface area (Å²) in [6, 6.07) is 10.6. The molecule has 12 nitrogen and oxygen atoms in total. The van der Waals surface area contributed by atoms with Gasteiger partial charge < -0.3 is 0 Å². The number of imide groups is 4. The van der Waals surface area contributed by atoms with E-state index in [0.717, 1.165) is 12.8 Å². The number of hydrogen-bond donors (Lipinski definition) is 0. The van der Waals surface area contributed by atoms with Gasteiger partial charge in [0, 0.05) is 55.9 Å².